The summed E-state index contributed by atoms with van der Waals surface area (Å²) in [5, 5.41) is 9.77. The number of unbranched alkanes of at least 4 members (excludes halogenated alkanes) is 1. The SMILES string of the molecule is C=CCN1C(=O)/C(=C/c2c(C)c(C#N)c(=O)n(CCCC)c2N2CCC(C)CC2)SC1=S. The third-order valence-electron chi connectivity index (χ3n) is 6.13. The van der Waals surface area contributed by atoms with E-state index in [9.17, 15) is 14.9 Å². The highest BCUT2D eigenvalue weighted by molar-refractivity contribution is 8.26. The Hall–Kier alpha value is -2.37. The van der Waals surface area contributed by atoms with E-state index in [0.717, 1.165) is 50.2 Å². The van der Waals surface area contributed by atoms with Crippen LogP contribution >= 0.6 is 24.0 Å². The summed E-state index contributed by atoms with van der Waals surface area (Å²) in [5.74, 6) is 1.29. The number of amides is 1. The van der Waals surface area contributed by atoms with Gasteiger partial charge in [-0.05, 0) is 43.7 Å². The molecular weight excluding hydrogens is 440 g/mol. The van der Waals surface area contributed by atoms with Crippen LogP contribution in [-0.2, 0) is 11.3 Å². The lowest BCUT2D eigenvalue weighted by Crippen LogP contribution is -2.39. The van der Waals surface area contributed by atoms with Crippen molar-refractivity contribution in [1.29, 1.82) is 5.26 Å². The molecule has 3 rings (SSSR count). The quantitative estimate of drug-likeness (QED) is 0.333. The molecule has 1 amide bonds. The highest BCUT2D eigenvalue weighted by Gasteiger charge is 2.33. The fraction of sp³-hybridized carbons (Fsp3) is 0.500. The van der Waals surface area contributed by atoms with Gasteiger partial charge in [0.25, 0.3) is 11.5 Å². The fourth-order valence-electron chi connectivity index (χ4n) is 4.15. The van der Waals surface area contributed by atoms with Crippen molar-refractivity contribution < 1.29 is 4.79 Å². The minimum atomic E-state index is -0.247. The molecule has 2 aliphatic heterocycles. The molecule has 2 saturated heterocycles. The largest absolute Gasteiger partial charge is 0.357 e. The normalized spacial score (nSPS) is 18.5. The van der Waals surface area contributed by atoms with Crippen molar-refractivity contribution in [3.63, 3.8) is 0 Å². The van der Waals surface area contributed by atoms with Gasteiger partial charge in [-0.1, -0.05) is 50.3 Å². The number of nitrogens with zero attached hydrogens (tertiary/aromatic N) is 4. The van der Waals surface area contributed by atoms with E-state index in [1.54, 1.807) is 17.6 Å². The number of hydrogen-bond acceptors (Lipinski definition) is 6. The first-order valence-electron chi connectivity index (χ1n) is 11.1. The maximum atomic E-state index is 13.3. The van der Waals surface area contributed by atoms with Crippen LogP contribution in [0.1, 0.15) is 56.2 Å². The van der Waals surface area contributed by atoms with Gasteiger partial charge in [-0.3, -0.25) is 19.1 Å². The van der Waals surface area contributed by atoms with Crippen molar-refractivity contribution >= 4 is 46.1 Å². The Bertz CT molecular complexity index is 1060. The Morgan fingerprint density at radius 1 is 1.31 bits per heavy atom. The molecule has 0 bridgehead atoms. The van der Waals surface area contributed by atoms with Crippen molar-refractivity contribution in [3.8, 4) is 6.07 Å². The summed E-state index contributed by atoms with van der Waals surface area (Å²) in [6.45, 7) is 12.4. The number of thioether (sulfide) groups is 1. The van der Waals surface area contributed by atoms with Gasteiger partial charge in [-0.2, -0.15) is 5.26 Å². The summed E-state index contributed by atoms with van der Waals surface area (Å²) in [4.78, 5) is 30.5. The van der Waals surface area contributed by atoms with Crippen LogP contribution in [0.25, 0.3) is 6.08 Å². The van der Waals surface area contributed by atoms with Crippen LogP contribution < -0.4 is 10.5 Å². The third kappa shape index (κ3) is 4.69. The van der Waals surface area contributed by atoms with E-state index in [0.29, 0.717) is 33.8 Å². The van der Waals surface area contributed by atoms with Gasteiger partial charge in [0, 0.05) is 31.7 Å². The van der Waals surface area contributed by atoms with Gasteiger partial charge in [0.2, 0.25) is 0 Å². The zero-order valence-corrected chi connectivity index (χ0v) is 20.7. The molecule has 2 aliphatic rings. The van der Waals surface area contributed by atoms with Gasteiger partial charge in [-0.15, -0.1) is 6.58 Å². The minimum absolute atomic E-state index is 0.142. The van der Waals surface area contributed by atoms with E-state index in [2.05, 4.69) is 31.4 Å². The van der Waals surface area contributed by atoms with Gasteiger partial charge in [0.15, 0.2) is 0 Å². The molecular formula is C24H30N4O2S2. The van der Waals surface area contributed by atoms with E-state index in [-0.39, 0.29) is 17.0 Å². The summed E-state index contributed by atoms with van der Waals surface area (Å²) in [6, 6.07) is 2.11. The summed E-state index contributed by atoms with van der Waals surface area (Å²) in [7, 11) is 0. The second-order valence-corrected chi connectivity index (χ2v) is 10.1. The molecule has 0 aromatic carbocycles. The second kappa shape index (κ2) is 10.5. The summed E-state index contributed by atoms with van der Waals surface area (Å²) < 4.78 is 2.24. The first-order valence-corrected chi connectivity index (χ1v) is 12.3. The molecule has 0 spiro atoms. The molecule has 1 aromatic rings. The van der Waals surface area contributed by atoms with E-state index in [1.165, 1.54) is 16.7 Å². The molecule has 0 saturated carbocycles. The first kappa shape index (κ1) is 24.3. The van der Waals surface area contributed by atoms with Crippen molar-refractivity contribution in [3.05, 3.63) is 44.6 Å². The molecule has 0 atom stereocenters. The molecule has 8 heteroatoms. The Kier molecular flexibility index (Phi) is 7.96. The number of nitriles is 1. The Morgan fingerprint density at radius 3 is 2.59 bits per heavy atom. The number of thiocarbonyl (C=S) groups is 1. The molecule has 0 N–H and O–H groups in total. The molecule has 6 nitrogen and oxygen atoms in total. The lowest BCUT2D eigenvalue weighted by Gasteiger charge is -2.35. The number of hydrogen-bond donors (Lipinski definition) is 0. The average molecular weight is 471 g/mol. The van der Waals surface area contributed by atoms with Gasteiger partial charge in [0.1, 0.15) is 21.8 Å². The Balaban J connectivity index is 2.22. The molecule has 0 aliphatic carbocycles. The number of anilines is 1. The number of piperidine rings is 1. The standard InChI is InChI=1S/C24H30N4O2S2/c1-5-7-11-27-21(26-12-8-16(3)9-13-26)18(17(4)19(15-25)22(27)29)14-20-23(30)28(10-6-2)24(31)32-20/h6,14,16H,2,5,7-13H2,1,3-4H3/b20-14-. The second-order valence-electron chi connectivity index (χ2n) is 8.41. The lowest BCUT2D eigenvalue weighted by atomic mass is 9.97. The van der Waals surface area contributed by atoms with Crippen LogP contribution in [0.5, 0.6) is 0 Å². The van der Waals surface area contributed by atoms with Crippen LogP contribution in [0.15, 0.2) is 22.4 Å². The molecule has 1 aromatic heterocycles. The zero-order chi connectivity index (χ0) is 23.4. The number of aromatic nitrogens is 1. The predicted molar refractivity (Wildman–Crippen MR) is 136 cm³/mol. The van der Waals surface area contributed by atoms with Gasteiger partial charge >= 0.3 is 0 Å². The van der Waals surface area contributed by atoms with Gasteiger partial charge < -0.3 is 4.90 Å². The van der Waals surface area contributed by atoms with Gasteiger partial charge in [-0.25, -0.2) is 0 Å². The van der Waals surface area contributed by atoms with Crippen LogP contribution in [0.4, 0.5) is 5.82 Å². The minimum Gasteiger partial charge on any atom is -0.357 e. The maximum Gasteiger partial charge on any atom is 0.270 e. The van der Waals surface area contributed by atoms with Crippen molar-refractivity contribution in [2.45, 2.75) is 53.0 Å². The van der Waals surface area contributed by atoms with Crippen molar-refractivity contribution in [2.24, 2.45) is 5.92 Å². The van der Waals surface area contributed by atoms with E-state index in [1.807, 2.05) is 6.08 Å². The highest BCUT2D eigenvalue weighted by atomic mass is 32.2. The topological polar surface area (TPSA) is 69.3 Å². The van der Waals surface area contributed by atoms with Crippen LogP contribution in [0, 0.1) is 24.2 Å². The van der Waals surface area contributed by atoms with Crippen LogP contribution in [-0.4, -0.2) is 39.3 Å². The lowest BCUT2D eigenvalue weighted by molar-refractivity contribution is -0.121. The number of rotatable bonds is 7. The van der Waals surface area contributed by atoms with Crippen molar-refractivity contribution in [1.82, 2.24) is 9.47 Å². The Morgan fingerprint density at radius 2 is 2.00 bits per heavy atom. The van der Waals surface area contributed by atoms with Crippen LogP contribution in [0.3, 0.4) is 0 Å². The first-order chi connectivity index (χ1) is 15.3. The number of pyridine rings is 1. The third-order valence-corrected chi connectivity index (χ3v) is 7.50. The molecule has 0 unspecified atom stereocenters. The fourth-order valence-corrected chi connectivity index (χ4v) is 5.40. The number of carbonyl (C=O) groups is 1. The summed E-state index contributed by atoms with van der Waals surface area (Å²) in [5.41, 5.74) is 1.28. The zero-order valence-electron chi connectivity index (χ0n) is 19.0. The van der Waals surface area contributed by atoms with Gasteiger partial charge in [0.05, 0.1) is 4.91 Å². The molecule has 3 heterocycles. The molecule has 32 heavy (non-hydrogen) atoms. The predicted octanol–water partition coefficient (Wildman–Crippen LogP) is 4.45. The summed E-state index contributed by atoms with van der Waals surface area (Å²) in [6.07, 6.45) is 7.34. The maximum absolute atomic E-state index is 13.3. The smallest absolute Gasteiger partial charge is 0.270 e. The monoisotopic (exact) mass is 470 g/mol. The number of carbonyl (C=O) groups excluding carboxylic acids is 1. The average Bonchev–Trinajstić information content (AvgIpc) is 3.03. The Labute approximate surface area is 199 Å². The van der Waals surface area contributed by atoms with Crippen molar-refractivity contribution in [2.75, 3.05) is 24.5 Å². The van der Waals surface area contributed by atoms with Crippen LogP contribution in [0.2, 0.25) is 0 Å². The molecule has 0 radical (unpaired) electrons. The van der Waals surface area contributed by atoms with E-state index < -0.39 is 0 Å². The van der Waals surface area contributed by atoms with E-state index in [4.69, 9.17) is 12.2 Å². The molecule has 170 valence electrons. The highest BCUT2D eigenvalue weighted by Crippen LogP contribution is 2.36. The summed E-state index contributed by atoms with van der Waals surface area (Å²) >= 11 is 6.65. The van der Waals surface area contributed by atoms with E-state index >= 15 is 0 Å². The molecule has 2 fully saturated rings.